The zero-order valence-corrected chi connectivity index (χ0v) is 10.7. The third-order valence-electron chi connectivity index (χ3n) is 5.12. The van der Waals surface area contributed by atoms with Crippen molar-refractivity contribution in [3.8, 4) is 0 Å². The fourth-order valence-electron chi connectivity index (χ4n) is 3.55. The summed E-state index contributed by atoms with van der Waals surface area (Å²) in [6.45, 7) is 0.777. The SMILES string of the molecule is O=C(O)C1CCCC1C(=O)NCC1(C2CC2)CC1. The van der Waals surface area contributed by atoms with Crippen LogP contribution in [0.3, 0.4) is 0 Å². The second kappa shape index (κ2) is 4.25. The molecule has 4 nitrogen and oxygen atoms in total. The summed E-state index contributed by atoms with van der Waals surface area (Å²) in [6, 6.07) is 0. The molecule has 2 N–H and O–H groups in total. The van der Waals surface area contributed by atoms with E-state index in [2.05, 4.69) is 5.32 Å². The van der Waals surface area contributed by atoms with E-state index in [9.17, 15) is 9.59 Å². The molecule has 0 aliphatic heterocycles. The van der Waals surface area contributed by atoms with Gasteiger partial charge in [-0.3, -0.25) is 9.59 Å². The van der Waals surface area contributed by atoms with Crippen LogP contribution >= 0.6 is 0 Å². The summed E-state index contributed by atoms with van der Waals surface area (Å²) in [5, 5.41) is 12.1. The lowest BCUT2D eigenvalue weighted by Crippen LogP contribution is -2.38. The molecule has 3 aliphatic rings. The molecule has 3 aliphatic carbocycles. The van der Waals surface area contributed by atoms with Crippen molar-refractivity contribution in [1.29, 1.82) is 0 Å². The first-order chi connectivity index (χ1) is 8.62. The highest BCUT2D eigenvalue weighted by Gasteiger charge is 2.53. The number of nitrogens with one attached hydrogen (secondary N) is 1. The molecule has 0 aromatic rings. The Labute approximate surface area is 107 Å². The Bertz CT molecular complexity index is 371. The lowest BCUT2D eigenvalue weighted by atomic mass is 9.94. The lowest BCUT2D eigenvalue weighted by Gasteiger charge is -2.19. The predicted octanol–water partition coefficient (Wildman–Crippen LogP) is 1.79. The molecule has 0 radical (unpaired) electrons. The van der Waals surface area contributed by atoms with E-state index in [1.54, 1.807) is 0 Å². The molecule has 4 heteroatoms. The Morgan fingerprint density at radius 3 is 2.33 bits per heavy atom. The van der Waals surface area contributed by atoms with Crippen LogP contribution in [0.15, 0.2) is 0 Å². The quantitative estimate of drug-likeness (QED) is 0.783. The highest BCUT2D eigenvalue weighted by molar-refractivity contribution is 5.85. The molecule has 3 rings (SSSR count). The Hall–Kier alpha value is -1.06. The first kappa shape index (κ1) is 12.0. The van der Waals surface area contributed by atoms with Gasteiger partial charge in [-0.25, -0.2) is 0 Å². The van der Waals surface area contributed by atoms with Crippen molar-refractivity contribution >= 4 is 11.9 Å². The molecule has 2 unspecified atom stereocenters. The van der Waals surface area contributed by atoms with Gasteiger partial charge in [-0.1, -0.05) is 6.42 Å². The minimum absolute atomic E-state index is 0.0215. The van der Waals surface area contributed by atoms with E-state index in [4.69, 9.17) is 5.11 Å². The van der Waals surface area contributed by atoms with E-state index in [0.717, 1.165) is 25.3 Å². The van der Waals surface area contributed by atoms with Gasteiger partial charge in [0.1, 0.15) is 0 Å². The summed E-state index contributed by atoms with van der Waals surface area (Å²) in [7, 11) is 0. The van der Waals surface area contributed by atoms with Crippen LogP contribution in [0.25, 0.3) is 0 Å². The minimum Gasteiger partial charge on any atom is -0.481 e. The monoisotopic (exact) mass is 251 g/mol. The first-order valence-corrected chi connectivity index (χ1v) is 7.13. The average molecular weight is 251 g/mol. The van der Waals surface area contributed by atoms with Crippen molar-refractivity contribution in [2.24, 2.45) is 23.2 Å². The van der Waals surface area contributed by atoms with Crippen LogP contribution in [0.5, 0.6) is 0 Å². The van der Waals surface area contributed by atoms with Crippen LogP contribution in [0.2, 0.25) is 0 Å². The van der Waals surface area contributed by atoms with Crippen molar-refractivity contribution in [1.82, 2.24) is 5.32 Å². The molecule has 2 atom stereocenters. The molecule has 1 amide bonds. The molecular weight excluding hydrogens is 230 g/mol. The first-order valence-electron chi connectivity index (χ1n) is 7.13. The maximum Gasteiger partial charge on any atom is 0.307 e. The smallest absolute Gasteiger partial charge is 0.307 e. The molecule has 0 aromatic carbocycles. The van der Waals surface area contributed by atoms with Gasteiger partial charge in [0.05, 0.1) is 11.8 Å². The van der Waals surface area contributed by atoms with Crippen molar-refractivity contribution in [2.75, 3.05) is 6.54 Å². The summed E-state index contributed by atoms with van der Waals surface area (Å²) in [5.41, 5.74) is 0.396. The summed E-state index contributed by atoms with van der Waals surface area (Å²) in [4.78, 5) is 23.2. The maximum atomic E-state index is 12.1. The van der Waals surface area contributed by atoms with Gasteiger partial charge >= 0.3 is 5.97 Å². The lowest BCUT2D eigenvalue weighted by molar-refractivity contribution is -0.146. The molecule has 18 heavy (non-hydrogen) atoms. The van der Waals surface area contributed by atoms with Gasteiger partial charge in [0.15, 0.2) is 0 Å². The molecular formula is C14H21NO3. The van der Waals surface area contributed by atoms with Crippen molar-refractivity contribution in [3.05, 3.63) is 0 Å². The van der Waals surface area contributed by atoms with Gasteiger partial charge in [-0.15, -0.1) is 0 Å². The Morgan fingerprint density at radius 2 is 1.78 bits per heavy atom. The largest absolute Gasteiger partial charge is 0.481 e. The third-order valence-corrected chi connectivity index (χ3v) is 5.12. The zero-order valence-electron chi connectivity index (χ0n) is 10.7. The fraction of sp³-hybridized carbons (Fsp3) is 0.857. The van der Waals surface area contributed by atoms with Gasteiger partial charge < -0.3 is 10.4 Å². The number of carbonyl (C=O) groups is 2. The van der Waals surface area contributed by atoms with Gasteiger partial charge in [0, 0.05) is 6.54 Å². The summed E-state index contributed by atoms with van der Waals surface area (Å²) >= 11 is 0. The molecule has 0 saturated heterocycles. The summed E-state index contributed by atoms with van der Waals surface area (Å²) in [6.07, 6.45) is 7.37. The van der Waals surface area contributed by atoms with Gasteiger partial charge in [-0.2, -0.15) is 0 Å². The Balaban J connectivity index is 1.53. The minimum atomic E-state index is -0.809. The highest BCUT2D eigenvalue weighted by Crippen LogP contribution is 2.60. The van der Waals surface area contributed by atoms with Crippen molar-refractivity contribution < 1.29 is 14.7 Å². The number of hydrogen-bond donors (Lipinski definition) is 2. The van der Waals surface area contributed by atoms with Crippen LogP contribution in [0.4, 0.5) is 0 Å². The number of carboxylic acids is 1. The van der Waals surface area contributed by atoms with Gasteiger partial charge in [0.2, 0.25) is 5.91 Å². The van der Waals surface area contributed by atoms with E-state index in [1.165, 1.54) is 25.7 Å². The normalized spacial score (nSPS) is 33.1. The summed E-state index contributed by atoms with van der Waals surface area (Å²) in [5.74, 6) is -0.752. The molecule has 3 saturated carbocycles. The number of amides is 1. The summed E-state index contributed by atoms with van der Waals surface area (Å²) < 4.78 is 0. The number of carbonyl (C=O) groups excluding carboxylic acids is 1. The van der Waals surface area contributed by atoms with Crippen molar-refractivity contribution in [3.63, 3.8) is 0 Å². The highest BCUT2D eigenvalue weighted by atomic mass is 16.4. The van der Waals surface area contributed by atoms with Crippen molar-refractivity contribution in [2.45, 2.75) is 44.9 Å². The average Bonchev–Trinajstić information content (AvgIpc) is 3.23. The van der Waals surface area contributed by atoms with E-state index < -0.39 is 11.9 Å². The van der Waals surface area contributed by atoms with E-state index in [0.29, 0.717) is 11.8 Å². The van der Waals surface area contributed by atoms with E-state index in [1.807, 2.05) is 0 Å². The number of rotatable bonds is 5. The maximum absolute atomic E-state index is 12.1. The predicted molar refractivity (Wildman–Crippen MR) is 65.9 cm³/mol. The molecule has 100 valence electrons. The van der Waals surface area contributed by atoms with Crippen LogP contribution in [0, 0.1) is 23.2 Å². The van der Waals surface area contributed by atoms with E-state index in [-0.39, 0.29) is 11.8 Å². The Morgan fingerprint density at radius 1 is 1.11 bits per heavy atom. The Kier molecular flexibility index (Phi) is 2.83. The van der Waals surface area contributed by atoms with Crippen LogP contribution < -0.4 is 5.32 Å². The van der Waals surface area contributed by atoms with Crippen LogP contribution in [-0.4, -0.2) is 23.5 Å². The molecule has 0 aromatic heterocycles. The standard InChI is InChI=1S/C14H21NO3/c16-12(10-2-1-3-11(10)13(17)18)15-8-14(6-7-14)9-4-5-9/h9-11H,1-8H2,(H,15,16)(H,17,18). The second-order valence-corrected chi connectivity index (χ2v) is 6.34. The zero-order chi connectivity index (χ0) is 12.8. The van der Waals surface area contributed by atoms with Crippen LogP contribution in [-0.2, 0) is 9.59 Å². The molecule has 0 spiro atoms. The number of hydrogen-bond acceptors (Lipinski definition) is 2. The molecule has 3 fully saturated rings. The van der Waals surface area contributed by atoms with Crippen LogP contribution in [0.1, 0.15) is 44.9 Å². The molecule has 0 heterocycles. The van der Waals surface area contributed by atoms with Gasteiger partial charge in [0.25, 0.3) is 0 Å². The second-order valence-electron chi connectivity index (χ2n) is 6.34. The fourth-order valence-corrected chi connectivity index (χ4v) is 3.55. The number of carboxylic acid groups (broad SMARTS) is 1. The number of aliphatic carboxylic acids is 1. The van der Waals surface area contributed by atoms with Gasteiger partial charge in [-0.05, 0) is 49.9 Å². The third kappa shape index (κ3) is 2.13. The molecule has 0 bridgehead atoms. The topological polar surface area (TPSA) is 66.4 Å². The van der Waals surface area contributed by atoms with E-state index >= 15 is 0 Å².